The van der Waals surface area contributed by atoms with Gasteiger partial charge in [0.15, 0.2) is 5.78 Å². The summed E-state index contributed by atoms with van der Waals surface area (Å²) in [5, 5.41) is 5.37. The molecule has 0 radical (unpaired) electrons. The van der Waals surface area contributed by atoms with E-state index in [0.717, 1.165) is 16.0 Å². The van der Waals surface area contributed by atoms with E-state index >= 15 is 0 Å². The number of ketones is 3. The number of Topliss-reactive ketones (excluding diaryl/α,β-unsaturated/α-hetero) is 3. The van der Waals surface area contributed by atoms with Gasteiger partial charge in [0.1, 0.15) is 18.2 Å². The predicted octanol–water partition coefficient (Wildman–Crippen LogP) is 2.82. The highest BCUT2D eigenvalue weighted by atomic mass is 16.6. The number of amides is 5. The first-order valence-corrected chi connectivity index (χ1v) is 22.8. The second kappa shape index (κ2) is 34.4. The van der Waals surface area contributed by atoms with E-state index in [1.54, 1.807) is 38.1 Å². The minimum absolute atomic E-state index is 0.0112. The Morgan fingerprint density at radius 1 is 0.636 bits per heavy atom. The molecule has 0 bridgehead atoms. The molecule has 1 heterocycles. The number of hydrogen-bond donors (Lipinski definition) is 3. The van der Waals surface area contributed by atoms with Crippen molar-refractivity contribution in [2.45, 2.75) is 91.7 Å². The number of nitrogens with two attached hydrogens (primary N) is 1. The van der Waals surface area contributed by atoms with Crippen LogP contribution in [-0.4, -0.2) is 150 Å². The number of urea groups is 1. The molecule has 2 atom stereocenters. The predicted molar refractivity (Wildman–Crippen MR) is 241 cm³/mol. The number of primary amides is 1. The highest BCUT2D eigenvalue weighted by Crippen LogP contribution is 2.19. The fourth-order valence-electron chi connectivity index (χ4n) is 6.26. The molecule has 0 aromatic heterocycles. The minimum Gasteiger partial charge on any atom is -0.461 e. The third-order valence-corrected chi connectivity index (χ3v) is 10.2. The van der Waals surface area contributed by atoms with Crippen LogP contribution in [0.25, 0.3) is 0 Å². The first-order chi connectivity index (χ1) is 31.7. The van der Waals surface area contributed by atoms with Crippen LogP contribution in [0.3, 0.4) is 0 Å². The molecule has 370 valence electrons. The smallest absolute Gasteiger partial charge is 0.312 e. The topological polar surface area (TPSA) is 254 Å². The molecule has 0 saturated heterocycles. The number of rotatable bonds is 40. The summed E-state index contributed by atoms with van der Waals surface area (Å²) in [6.07, 6.45) is 4.19. The molecule has 0 fully saturated rings. The summed E-state index contributed by atoms with van der Waals surface area (Å²) in [5.74, 6) is -2.97. The largest absolute Gasteiger partial charge is 0.461 e. The van der Waals surface area contributed by atoms with Crippen LogP contribution in [0.15, 0.2) is 36.4 Å². The Balaban J connectivity index is 1.52. The lowest BCUT2D eigenvalue weighted by Gasteiger charge is -2.24. The van der Waals surface area contributed by atoms with Crippen molar-refractivity contribution >= 4 is 47.1 Å². The van der Waals surface area contributed by atoms with Gasteiger partial charge >= 0.3 is 12.0 Å². The average Bonchev–Trinajstić information content (AvgIpc) is 3.60. The number of benzene rings is 1. The molecule has 4 N–H and O–H groups in total. The molecule has 0 aliphatic carbocycles. The van der Waals surface area contributed by atoms with Gasteiger partial charge < -0.3 is 49.5 Å². The van der Waals surface area contributed by atoms with E-state index in [-0.39, 0.29) is 112 Å². The second-order valence-electron chi connectivity index (χ2n) is 16.3. The van der Waals surface area contributed by atoms with Crippen molar-refractivity contribution in [3.8, 4) is 0 Å². The van der Waals surface area contributed by atoms with E-state index < -0.39 is 23.9 Å². The first kappa shape index (κ1) is 57.2. The van der Waals surface area contributed by atoms with Crippen molar-refractivity contribution in [3.63, 3.8) is 0 Å². The molecule has 0 saturated carbocycles. The van der Waals surface area contributed by atoms with Crippen molar-refractivity contribution in [1.29, 1.82) is 0 Å². The van der Waals surface area contributed by atoms with Gasteiger partial charge in [0.2, 0.25) is 5.91 Å². The summed E-state index contributed by atoms with van der Waals surface area (Å²) in [6.45, 7) is 11.9. The Morgan fingerprint density at radius 3 is 1.67 bits per heavy atom. The SMILES string of the molecule is CC(C)C(=O)OCc1ccc(CC(=O)[C@H](CCCNC(N)=O)NC(=O)[C@@H](CC(=O)CCOCCOCCOCCOCCOCCOCCCC(=O)CCN2C(=O)C=CC2=O)C(C)C)cc1. The summed E-state index contributed by atoms with van der Waals surface area (Å²) in [6, 6.07) is 5.57. The Morgan fingerprint density at radius 2 is 1.15 bits per heavy atom. The first-order valence-electron chi connectivity index (χ1n) is 22.8. The van der Waals surface area contributed by atoms with Crippen molar-refractivity contribution in [3.05, 3.63) is 47.5 Å². The molecule has 1 aliphatic rings. The Labute approximate surface area is 388 Å². The van der Waals surface area contributed by atoms with E-state index in [2.05, 4.69) is 10.6 Å². The average molecular weight is 933 g/mol. The minimum atomic E-state index is -0.855. The van der Waals surface area contributed by atoms with Crippen molar-refractivity contribution in [2.24, 2.45) is 23.5 Å². The number of imide groups is 1. The zero-order chi connectivity index (χ0) is 48.5. The van der Waals surface area contributed by atoms with E-state index in [0.29, 0.717) is 85.3 Å². The van der Waals surface area contributed by atoms with Crippen LogP contribution < -0.4 is 16.4 Å². The van der Waals surface area contributed by atoms with Gasteiger partial charge in [-0.25, -0.2) is 4.79 Å². The van der Waals surface area contributed by atoms with Crippen molar-refractivity contribution in [1.82, 2.24) is 15.5 Å². The summed E-state index contributed by atoms with van der Waals surface area (Å²) >= 11 is 0. The molecule has 19 heteroatoms. The maximum absolute atomic E-state index is 13.5. The maximum Gasteiger partial charge on any atom is 0.312 e. The Bertz CT molecular complexity index is 1670. The Kier molecular flexibility index (Phi) is 29.8. The number of nitrogens with zero attached hydrogens (tertiary/aromatic N) is 1. The van der Waals surface area contributed by atoms with Crippen LogP contribution in [0, 0.1) is 17.8 Å². The number of carbonyl (C=O) groups is 8. The molecular formula is C47H72N4O15. The number of esters is 1. The molecule has 1 aromatic carbocycles. The van der Waals surface area contributed by atoms with E-state index in [9.17, 15) is 38.4 Å². The van der Waals surface area contributed by atoms with Gasteiger partial charge in [-0.05, 0) is 36.3 Å². The fraction of sp³-hybridized carbons (Fsp3) is 0.660. The lowest BCUT2D eigenvalue weighted by Crippen LogP contribution is -2.46. The highest BCUT2D eigenvalue weighted by Gasteiger charge is 2.29. The van der Waals surface area contributed by atoms with E-state index in [1.807, 2.05) is 13.8 Å². The summed E-state index contributed by atoms with van der Waals surface area (Å²) in [4.78, 5) is 99.0. The van der Waals surface area contributed by atoms with Gasteiger partial charge in [0.05, 0.1) is 84.6 Å². The van der Waals surface area contributed by atoms with Crippen LogP contribution in [0.1, 0.15) is 83.8 Å². The van der Waals surface area contributed by atoms with Gasteiger partial charge in [-0.1, -0.05) is 52.0 Å². The molecular weight excluding hydrogens is 861 g/mol. The van der Waals surface area contributed by atoms with E-state index in [1.165, 1.54) is 12.2 Å². The Hall–Kier alpha value is -4.92. The highest BCUT2D eigenvalue weighted by molar-refractivity contribution is 6.13. The lowest BCUT2D eigenvalue weighted by atomic mass is 9.88. The maximum atomic E-state index is 13.5. The fourth-order valence-corrected chi connectivity index (χ4v) is 6.26. The van der Waals surface area contributed by atoms with Crippen molar-refractivity contribution in [2.75, 3.05) is 92.4 Å². The van der Waals surface area contributed by atoms with Gasteiger partial charge in [0.25, 0.3) is 11.8 Å². The van der Waals surface area contributed by atoms with Crippen LogP contribution in [0.4, 0.5) is 4.79 Å². The standard InChI is InChI=1S/C47H72N4O15/c1-34(2)40(45(57)50-41(8-5-17-49-47(48)59)42(54)31-36-9-11-37(12-10-36)33-66-46(58)35(3)4)32-39(53)16-20-61-22-24-63-26-28-65-30-29-64-27-25-62-23-21-60-19-6-7-38(52)15-18-51-43(55)13-14-44(51)56/h9-14,34-35,40-41H,5-8,15-33H2,1-4H3,(H,50,57)(H3,48,49,59)/t40-,41-/m0/s1. The van der Waals surface area contributed by atoms with Gasteiger partial charge in [-0.3, -0.25) is 38.5 Å². The van der Waals surface area contributed by atoms with Gasteiger partial charge in [-0.15, -0.1) is 0 Å². The van der Waals surface area contributed by atoms with Crippen LogP contribution >= 0.6 is 0 Å². The van der Waals surface area contributed by atoms with Crippen LogP contribution in [0.5, 0.6) is 0 Å². The molecule has 66 heavy (non-hydrogen) atoms. The molecule has 1 aromatic rings. The number of nitrogens with one attached hydrogen (secondary N) is 2. The molecule has 2 rings (SSSR count). The quantitative estimate of drug-likeness (QED) is 0.0486. The number of hydrogen-bond acceptors (Lipinski definition) is 15. The summed E-state index contributed by atoms with van der Waals surface area (Å²) in [5.41, 5.74) is 6.68. The molecule has 19 nitrogen and oxygen atoms in total. The summed E-state index contributed by atoms with van der Waals surface area (Å²) < 4.78 is 38.3. The molecule has 1 aliphatic heterocycles. The van der Waals surface area contributed by atoms with E-state index in [4.69, 9.17) is 38.9 Å². The number of carbonyl (C=O) groups excluding carboxylic acids is 8. The van der Waals surface area contributed by atoms with Crippen LogP contribution in [0.2, 0.25) is 0 Å². The normalized spacial score (nSPS) is 13.3. The number of ether oxygens (including phenoxy) is 7. The second-order valence-corrected chi connectivity index (χ2v) is 16.3. The third kappa shape index (κ3) is 26.3. The van der Waals surface area contributed by atoms with Crippen LogP contribution in [-0.2, 0) is 79.7 Å². The lowest BCUT2D eigenvalue weighted by molar-refractivity contribution is -0.148. The van der Waals surface area contributed by atoms with Gasteiger partial charge in [-0.2, -0.15) is 0 Å². The zero-order valence-corrected chi connectivity index (χ0v) is 39.2. The van der Waals surface area contributed by atoms with Crippen molar-refractivity contribution < 1.29 is 71.5 Å². The third-order valence-electron chi connectivity index (χ3n) is 10.2. The molecule has 5 amide bonds. The molecule has 0 spiro atoms. The molecule has 0 unspecified atom stereocenters. The summed E-state index contributed by atoms with van der Waals surface area (Å²) in [7, 11) is 0. The monoisotopic (exact) mass is 932 g/mol. The zero-order valence-electron chi connectivity index (χ0n) is 39.2. The van der Waals surface area contributed by atoms with Gasteiger partial charge in [0, 0.05) is 69.9 Å².